The van der Waals surface area contributed by atoms with Crippen molar-refractivity contribution in [2.45, 2.75) is 12.6 Å². The van der Waals surface area contributed by atoms with E-state index in [1.165, 1.54) is 12.1 Å². The lowest BCUT2D eigenvalue weighted by atomic mass is 10.1. The zero-order chi connectivity index (χ0) is 21.8. The first kappa shape index (κ1) is 18.7. The average Bonchev–Trinajstić information content (AvgIpc) is 3.32. The normalized spacial score (nSPS) is 17.4. The molecule has 0 aliphatic carbocycles. The Morgan fingerprint density at radius 3 is 2.72 bits per heavy atom. The lowest BCUT2D eigenvalue weighted by Gasteiger charge is -2.22. The lowest BCUT2D eigenvalue weighted by Crippen LogP contribution is -2.31. The molecule has 0 bridgehead atoms. The van der Waals surface area contributed by atoms with Gasteiger partial charge in [0.1, 0.15) is 11.5 Å². The van der Waals surface area contributed by atoms with Gasteiger partial charge in [-0.3, -0.25) is 9.88 Å². The number of nitrogens with one attached hydrogen (secondary N) is 1. The molecule has 32 heavy (non-hydrogen) atoms. The van der Waals surface area contributed by atoms with E-state index in [-0.39, 0.29) is 17.3 Å². The van der Waals surface area contributed by atoms with Gasteiger partial charge in [-0.15, -0.1) is 0 Å². The first-order chi connectivity index (χ1) is 15.6. The van der Waals surface area contributed by atoms with Crippen molar-refractivity contribution >= 4 is 22.9 Å². The number of furan rings is 1. The molecule has 0 fully saturated rings. The van der Waals surface area contributed by atoms with E-state index in [2.05, 4.69) is 15.3 Å². The monoisotopic (exact) mass is 437 g/mol. The average molecular weight is 437 g/mol. The Labute approximate surface area is 180 Å². The predicted molar refractivity (Wildman–Crippen MR) is 113 cm³/mol. The van der Waals surface area contributed by atoms with Gasteiger partial charge in [0.25, 0.3) is 0 Å². The van der Waals surface area contributed by atoms with E-state index in [4.69, 9.17) is 19.6 Å². The third-order valence-corrected chi connectivity index (χ3v) is 5.40. The minimum atomic E-state index is -0.977. The summed E-state index contributed by atoms with van der Waals surface area (Å²) < 4.78 is 47.2. The van der Waals surface area contributed by atoms with Crippen LogP contribution in [0, 0.1) is 11.6 Å². The van der Waals surface area contributed by atoms with Gasteiger partial charge in [-0.25, -0.2) is 18.8 Å². The number of imidazole rings is 1. The van der Waals surface area contributed by atoms with Gasteiger partial charge < -0.3 is 19.6 Å². The number of aromatic nitrogens is 2. The van der Waals surface area contributed by atoms with Gasteiger partial charge in [-0.05, 0) is 24.3 Å². The number of rotatable bonds is 2. The largest absolute Gasteiger partial charge is 0.489 e. The highest BCUT2D eigenvalue weighted by atomic mass is 19.2. The van der Waals surface area contributed by atoms with E-state index in [0.717, 1.165) is 18.0 Å². The number of hydrogen-bond acceptors (Lipinski definition) is 7. The summed E-state index contributed by atoms with van der Waals surface area (Å²) in [5, 5.41) is 2.95. The van der Waals surface area contributed by atoms with Crippen molar-refractivity contribution in [3.05, 3.63) is 59.9 Å². The number of nitrogens with two attached hydrogens (primary N) is 1. The molecule has 3 N–H and O–H groups in total. The third kappa shape index (κ3) is 2.87. The van der Waals surface area contributed by atoms with Crippen LogP contribution in [0.15, 0.2) is 51.9 Å². The molecule has 162 valence electrons. The number of halogens is 2. The first-order valence-electron chi connectivity index (χ1n) is 10.0. The third-order valence-electron chi connectivity index (χ3n) is 5.40. The molecule has 10 heteroatoms. The number of nitrogens with zero attached hydrogens (tertiary/aromatic N) is 3. The van der Waals surface area contributed by atoms with Crippen molar-refractivity contribution in [2.75, 3.05) is 18.5 Å². The van der Waals surface area contributed by atoms with Gasteiger partial charge in [0.15, 0.2) is 35.3 Å². The summed E-state index contributed by atoms with van der Waals surface area (Å²) in [6.45, 7) is 1.11. The van der Waals surface area contributed by atoms with Gasteiger partial charge in [0.05, 0.1) is 29.8 Å². The number of fused-ring (bicyclic) bond motifs is 4. The van der Waals surface area contributed by atoms with E-state index in [0.29, 0.717) is 41.9 Å². The van der Waals surface area contributed by atoms with Crippen LogP contribution in [0.5, 0.6) is 11.5 Å². The van der Waals surface area contributed by atoms with Crippen LogP contribution in [0.3, 0.4) is 0 Å². The smallest absolute Gasteiger partial charge is 0.212 e. The van der Waals surface area contributed by atoms with Crippen LogP contribution in [0.2, 0.25) is 0 Å². The fourth-order valence-electron chi connectivity index (χ4n) is 3.95. The SMILES string of the molecule is NC1=NC(c2ccc(-c3cccc(F)c3F)o2)n2c(nc3cc4c(cc32)OCCCO4)N1. The summed E-state index contributed by atoms with van der Waals surface area (Å²) in [6.07, 6.45) is 0.0837. The Kier molecular flexibility index (Phi) is 4.07. The molecule has 4 aromatic rings. The second-order valence-corrected chi connectivity index (χ2v) is 7.46. The van der Waals surface area contributed by atoms with Crippen molar-refractivity contribution in [2.24, 2.45) is 10.7 Å². The van der Waals surface area contributed by atoms with Gasteiger partial charge in [0.2, 0.25) is 5.95 Å². The van der Waals surface area contributed by atoms with Crippen molar-refractivity contribution in [3.63, 3.8) is 0 Å². The molecule has 2 aromatic heterocycles. The van der Waals surface area contributed by atoms with E-state index in [1.54, 1.807) is 12.1 Å². The zero-order valence-electron chi connectivity index (χ0n) is 16.6. The fraction of sp³-hybridized carbons (Fsp3) is 0.182. The van der Waals surface area contributed by atoms with E-state index in [1.807, 2.05) is 16.7 Å². The molecule has 0 saturated heterocycles. The van der Waals surface area contributed by atoms with Crippen molar-refractivity contribution < 1.29 is 22.7 Å². The summed E-state index contributed by atoms with van der Waals surface area (Å²) in [4.78, 5) is 9.08. The molecule has 2 aliphatic heterocycles. The van der Waals surface area contributed by atoms with Crippen LogP contribution < -0.4 is 20.5 Å². The highest BCUT2D eigenvalue weighted by Crippen LogP contribution is 2.40. The van der Waals surface area contributed by atoms with Crippen LogP contribution >= 0.6 is 0 Å². The van der Waals surface area contributed by atoms with Crippen LogP contribution in [-0.2, 0) is 0 Å². The van der Waals surface area contributed by atoms with Gasteiger partial charge in [0, 0.05) is 18.6 Å². The number of anilines is 1. The van der Waals surface area contributed by atoms with Crippen LogP contribution in [0.4, 0.5) is 14.7 Å². The second kappa shape index (κ2) is 6.98. The highest BCUT2D eigenvalue weighted by Gasteiger charge is 2.29. The van der Waals surface area contributed by atoms with Crippen LogP contribution in [0.1, 0.15) is 18.3 Å². The van der Waals surface area contributed by atoms with Gasteiger partial charge >= 0.3 is 0 Å². The van der Waals surface area contributed by atoms with Crippen LogP contribution in [-0.4, -0.2) is 28.7 Å². The Hall–Kier alpha value is -4.08. The van der Waals surface area contributed by atoms with E-state index < -0.39 is 17.8 Å². The Morgan fingerprint density at radius 2 is 1.88 bits per heavy atom. The summed E-state index contributed by atoms with van der Waals surface area (Å²) in [5.74, 6) is 0.500. The maximum absolute atomic E-state index is 14.3. The number of ether oxygens (including phenoxy) is 2. The predicted octanol–water partition coefficient (Wildman–Crippen LogP) is 4.02. The molecule has 0 saturated carbocycles. The topological polar surface area (TPSA) is 99.8 Å². The molecule has 1 unspecified atom stereocenters. The summed E-state index contributed by atoms with van der Waals surface area (Å²) >= 11 is 0. The molecule has 1 atom stereocenters. The molecular weight excluding hydrogens is 420 g/mol. The Morgan fingerprint density at radius 1 is 1.06 bits per heavy atom. The van der Waals surface area contributed by atoms with E-state index >= 15 is 0 Å². The number of benzene rings is 2. The molecule has 4 heterocycles. The lowest BCUT2D eigenvalue weighted by molar-refractivity contribution is 0.297. The standard InChI is InChI=1S/C22H17F2N5O3/c23-12-4-1-3-11(19(12)24)15-5-6-16(32-15)20-27-21(25)28-22-26-13-9-17-18(10-14(13)29(20)22)31-8-2-7-30-17/h1,3-6,9-10,20H,2,7-8H2,(H3,25,26,27,28). The van der Waals surface area contributed by atoms with Gasteiger partial charge in [-0.1, -0.05) is 6.07 Å². The summed E-state index contributed by atoms with van der Waals surface area (Å²) in [5.41, 5.74) is 7.40. The Bertz CT molecular complexity index is 1390. The van der Waals surface area contributed by atoms with Crippen molar-refractivity contribution in [1.29, 1.82) is 0 Å². The minimum absolute atomic E-state index is 0.0220. The molecule has 2 aliphatic rings. The van der Waals surface area contributed by atoms with Crippen molar-refractivity contribution in [1.82, 2.24) is 9.55 Å². The number of hydrogen-bond donors (Lipinski definition) is 2. The molecule has 8 nitrogen and oxygen atoms in total. The maximum atomic E-state index is 14.3. The molecule has 2 aromatic carbocycles. The quantitative estimate of drug-likeness (QED) is 0.491. The van der Waals surface area contributed by atoms with Crippen LogP contribution in [0.25, 0.3) is 22.4 Å². The molecular formula is C22H17F2N5O3. The van der Waals surface area contributed by atoms with E-state index in [9.17, 15) is 8.78 Å². The zero-order valence-corrected chi connectivity index (χ0v) is 16.6. The second-order valence-electron chi connectivity index (χ2n) is 7.46. The summed E-state index contributed by atoms with van der Waals surface area (Å²) in [7, 11) is 0. The number of aliphatic imine (C=N–C) groups is 1. The Balaban J connectivity index is 1.48. The molecule has 0 spiro atoms. The fourth-order valence-corrected chi connectivity index (χ4v) is 3.95. The molecule has 0 amide bonds. The number of guanidine groups is 1. The maximum Gasteiger partial charge on any atom is 0.212 e. The van der Waals surface area contributed by atoms with Crippen molar-refractivity contribution in [3.8, 4) is 22.8 Å². The van der Waals surface area contributed by atoms with Gasteiger partial charge in [-0.2, -0.15) is 0 Å². The minimum Gasteiger partial charge on any atom is -0.489 e. The molecule has 6 rings (SSSR count). The molecule has 0 radical (unpaired) electrons. The summed E-state index contributed by atoms with van der Waals surface area (Å²) in [6, 6.07) is 10.8. The first-order valence-corrected chi connectivity index (χ1v) is 10.0. The highest BCUT2D eigenvalue weighted by molar-refractivity contribution is 5.95.